The number of rotatable bonds is 3. The SMILES string of the molecule is Clc1nc(Nc2cc(C3CC3)n[nH]2)c2sccc2n1. The van der Waals surface area contributed by atoms with Crippen molar-refractivity contribution < 1.29 is 0 Å². The van der Waals surface area contributed by atoms with Gasteiger partial charge in [0.05, 0.1) is 15.9 Å². The number of anilines is 2. The van der Waals surface area contributed by atoms with Gasteiger partial charge in [-0.25, -0.2) is 4.98 Å². The summed E-state index contributed by atoms with van der Waals surface area (Å²) in [6.45, 7) is 0. The second kappa shape index (κ2) is 4.18. The average molecular weight is 292 g/mol. The molecule has 7 heteroatoms. The molecule has 0 aliphatic heterocycles. The normalized spacial score (nSPS) is 15.0. The highest BCUT2D eigenvalue weighted by Crippen LogP contribution is 2.40. The van der Waals surface area contributed by atoms with Gasteiger partial charge in [-0.05, 0) is 35.9 Å². The lowest BCUT2D eigenvalue weighted by Gasteiger charge is -2.03. The Bertz CT molecular complexity index is 746. The van der Waals surface area contributed by atoms with Crippen molar-refractivity contribution in [3.8, 4) is 0 Å². The molecule has 19 heavy (non-hydrogen) atoms. The molecule has 0 bridgehead atoms. The standard InChI is InChI=1S/C12H10ClN5S/c13-12-14-7-3-4-19-10(7)11(16-12)15-9-5-8(17-18-9)6-1-2-6/h3-6H,1-2H2,(H2,14,15,16,17,18). The lowest BCUT2D eigenvalue weighted by atomic mass is 10.3. The molecule has 0 atom stereocenters. The number of hydrogen-bond donors (Lipinski definition) is 2. The highest BCUT2D eigenvalue weighted by atomic mass is 35.5. The Kier molecular flexibility index (Phi) is 2.46. The van der Waals surface area contributed by atoms with Gasteiger partial charge in [-0.2, -0.15) is 10.1 Å². The quantitative estimate of drug-likeness (QED) is 0.722. The monoisotopic (exact) mass is 291 g/mol. The Morgan fingerprint density at radius 1 is 1.37 bits per heavy atom. The molecule has 0 amide bonds. The molecule has 0 saturated heterocycles. The Morgan fingerprint density at radius 3 is 3.11 bits per heavy atom. The first-order valence-corrected chi connectivity index (χ1v) is 7.28. The topological polar surface area (TPSA) is 66.5 Å². The van der Waals surface area contributed by atoms with Crippen LogP contribution in [0.4, 0.5) is 11.6 Å². The van der Waals surface area contributed by atoms with Crippen LogP contribution < -0.4 is 5.32 Å². The Labute approximate surface area is 118 Å². The molecule has 1 aliphatic rings. The van der Waals surface area contributed by atoms with Gasteiger partial charge < -0.3 is 5.32 Å². The van der Waals surface area contributed by atoms with Crippen LogP contribution in [0, 0.1) is 0 Å². The molecule has 1 fully saturated rings. The zero-order valence-electron chi connectivity index (χ0n) is 9.85. The Morgan fingerprint density at radius 2 is 2.26 bits per heavy atom. The summed E-state index contributed by atoms with van der Waals surface area (Å²) >= 11 is 7.52. The van der Waals surface area contributed by atoms with Gasteiger partial charge >= 0.3 is 0 Å². The maximum absolute atomic E-state index is 5.93. The van der Waals surface area contributed by atoms with Gasteiger partial charge in [-0.3, -0.25) is 5.10 Å². The molecule has 1 aliphatic carbocycles. The zero-order chi connectivity index (χ0) is 12.8. The van der Waals surface area contributed by atoms with Crippen LogP contribution in [0.1, 0.15) is 24.5 Å². The molecular weight excluding hydrogens is 282 g/mol. The second-order valence-corrected chi connectivity index (χ2v) is 5.84. The fourth-order valence-electron chi connectivity index (χ4n) is 2.04. The van der Waals surface area contributed by atoms with Crippen LogP contribution in [0.3, 0.4) is 0 Å². The summed E-state index contributed by atoms with van der Waals surface area (Å²) < 4.78 is 0.993. The summed E-state index contributed by atoms with van der Waals surface area (Å²) in [6.07, 6.45) is 2.47. The van der Waals surface area contributed by atoms with Gasteiger partial charge in [0.1, 0.15) is 5.82 Å². The number of nitrogens with zero attached hydrogens (tertiary/aromatic N) is 3. The molecule has 4 rings (SSSR count). The Hall–Kier alpha value is -1.66. The first-order chi connectivity index (χ1) is 9.29. The van der Waals surface area contributed by atoms with E-state index in [-0.39, 0.29) is 5.28 Å². The fourth-order valence-corrected chi connectivity index (χ4v) is 2.99. The third-order valence-electron chi connectivity index (χ3n) is 3.12. The van der Waals surface area contributed by atoms with Crippen molar-refractivity contribution >= 4 is 44.8 Å². The zero-order valence-corrected chi connectivity index (χ0v) is 11.4. The highest BCUT2D eigenvalue weighted by molar-refractivity contribution is 7.17. The summed E-state index contributed by atoms with van der Waals surface area (Å²) in [5, 5.41) is 12.8. The van der Waals surface area contributed by atoms with E-state index in [9.17, 15) is 0 Å². The molecule has 3 aromatic heterocycles. The van der Waals surface area contributed by atoms with E-state index in [1.165, 1.54) is 12.8 Å². The predicted molar refractivity (Wildman–Crippen MR) is 76.3 cm³/mol. The molecule has 3 heterocycles. The number of thiophene rings is 1. The lowest BCUT2D eigenvalue weighted by Crippen LogP contribution is -1.95. The van der Waals surface area contributed by atoms with Gasteiger partial charge in [0.25, 0.3) is 0 Å². The fraction of sp³-hybridized carbons (Fsp3) is 0.250. The minimum absolute atomic E-state index is 0.246. The van der Waals surface area contributed by atoms with Crippen molar-refractivity contribution in [2.75, 3.05) is 5.32 Å². The van der Waals surface area contributed by atoms with E-state index in [2.05, 4.69) is 25.5 Å². The van der Waals surface area contributed by atoms with Gasteiger partial charge in [0, 0.05) is 12.0 Å². The first kappa shape index (κ1) is 11.2. The molecule has 3 aromatic rings. The molecule has 2 N–H and O–H groups in total. The van der Waals surface area contributed by atoms with E-state index in [4.69, 9.17) is 11.6 Å². The van der Waals surface area contributed by atoms with Gasteiger partial charge in [-0.15, -0.1) is 11.3 Å². The lowest BCUT2D eigenvalue weighted by molar-refractivity contribution is 0.966. The summed E-state index contributed by atoms with van der Waals surface area (Å²) in [5.74, 6) is 2.19. The number of aromatic amines is 1. The van der Waals surface area contributed by atoms with Crippen molar-refractivity contribution in [1.29, 1.82) is 0 Å². The molecule has 1 saturated carbocycles. The molecule has 5 nitrogen and oxygen atoms in total. The van der Waals surface area contributed by atoms with Gasteiger partial charge in [0.15, 0.2) is 5.82 Å². The maximum atomic E-state index is 5.93. The number of hydrogen-bond acceptors (Lipinski definition) is 5. The number of aromatic nitrogens is 4. The minimum atomic E-state index is 0.246. The van der Waals surface area contributed by atoms with Crippen molar-refractivity contribution in [2.45, 2.75) is 18.8 Å². The number of halogens is 1. The van der Waals surface area contributed by atoms with Crippen molar-refractivity contribution in [1.82, 2.24) is 20.2 Å². The van der Waals surface area contributed by atoms with Gasteiger partial charge in [-0.1, -0.05) is 0 Å². The van der Waals surface area contributed by atoms with Crippen LogP contribution >= 0.6 is 22.9 Å². The van der Waals surface area contributed by atoms with E-state index in [1.807, 2.05) is 17.5 Å². The van der Waals surface area contributed by atoms with Crippen LogP contribution in [-0.4, -0.2) is 20.2 Å². The van der Waals surface area contributed by atoms with Gasteiger partial charge in [0.2, 0.25) is 5.28 Å². The van der Waals surface area contributed by atoms with E-state index in [0.717, 1.165) is 27.5 Å². The summed E-state index contributed by atoms with van der Waals surface area (Å²) in [5.41, 5.74) is 1.97. The smallest absolute Gasteiger partial charge is 0.224 e. The first-order valence-electron chi connectivity index (χ1n) is 6.02. The van der Waals surface area contributed by atoms with E-state index >= 15 is 0 Å². The van der Waals surface area contributed by atoms with E-state index in [1.54, 1.807) is 11.3 Å². The summed E-state index contributed by atoms with van der Waals surface area (Å²) in [4.78, 5) is 8.42. The third-order valence-corrected chi connectivity index (χ3v) is 4.20. The van der Waals surface area contributed by atoms with Crippen LogP contribution in [0.25, 0.3) is 10.2 Å². The van der Waals surface area contributed by atoms with Crippen LogP contribution in [-0.2, 0) is 0 Å². The molecule has 0 spiro atoms. The largest absolute Gasteiger partial charge is 0.324 e. The molecule has 0 unspecified atom stereocenters. The number of H-pyrrole nitrogens is 1. The molecule has 0 aromatic carbocycles. The van der Waals surface area contributed by atoms with Crippen LogP contribution in [0.5, 0.6) is 0 Å². The minimum Gasteiger partial charge on any atom is -0.324 e. The third kappa shape index (κ3) is 2.06. The maximum Gasteiger partial charge on any atom is 0.224 e. The second-order valence-electron chi connectivity index (χ2n) is 4.58. The predicted octanol–water partition coefficient (Wildman–Crippen LogP) is 3.69. The molecule has 96 valence electrons. The van der Waals surface area contributed by atoms with Crippen molar-refractivity contribution in [2.24, 2.45) is 0 Å². The summed E-state index contributed by atoms with van der Waals surface area (Å²) in [6, 6.07) is 3.97. The Balaban J connectivity index is 1.71. The molecule has 0 radical (unpaired) electrons. The van der Waals surface area contributed by atoms with E-state index in [0.29, 0.717) is 5.92 Å². The summed E-state index contributed by atoms with van der Waals surface area (Å²) in [7, 11) is 0. The van der Waals surface area contributed by atoms with Crippen LogP contribution in [0.2, 0.25) is 5.28 Å². The van der Waals surface area contributed by atoms with Crippen LogP contribution in [0.15, 0.2) is 17.5 Å². The van der Waals surface area contributed by atoms with E-state index < -0.39 is 0 Å². The van der Waals surface area contributed by atoms with Crippen molar-refractivity contribution in [3.63, 3.8) is 0 Å². The molecular formula is C12H10ClN5S. The average Bonchev–Trinajstić information content (AvgIpc) is 2.95. The number of nitrogens with one attached hydrogen (secondary N) is 2. The number of fused-ring (bicyclic) bond motifs is 1. The van der Waals surface area contributed by atoms with Crippen molar-refractivity contribution in [3.05, 3.63) is 28.5 Å². The highest BCUT2D eigenvalue weighted by Gasteiger charge is 2.26.